The van der Waals surface area contributed by atoms with Crippen molar-refractivity contribution in [3.63, 3.8) is 0 Å². The zero-order valence-corrected chi connectivity index (χ0v) is 14.0. The Morgan fingerprint density at radius 2 is 2.00 bits per heavy atom. The van der Waals surface area contributed by atoms with E-state index in [-0.39, 0.29) is 11.4 Å². The normalized spacial score (nSPS) is 13.0. The summed E-state index contributed by atoms with van der Waals surface area (Å²) in [7, 11) is -1.02. The van der Waals surface area contributed by atoms with Crippen LogP contribution in [-0.2, 0) is 19.6 Å². The number of methoxy groups -OCH3 is 1. The van der Waals surface area contributed by atoms with E-state index in [1.807, 2.05) is 30.3 Å². The predicted octanol–water partition coefficient (Wildman–Crippen LogP) is 1.30. The molecule has 0 N–H and O–H groups in total. The van der Waals surface area contributed by atoms with Crippen LogP contribution in [-0.4, -0.2) is 49.2 Å². The Kier molecular flexibility index (Phi) is 5.17. The maximum atomic E-state index is 12.5. The summed E-state index contributed by atoms with van der Waals surface area (Å²) in [4.78, 5) is 11.5. The zero-order valence-electron chi connectivity index (χ0n) is 13.2. The van der Waals surface area contributed by atoms with Crippen molar-refractivity contribution in [1.82, 2.24) is 14.1 Å². The summed E-state index contributed by atoms with van der Waals surface area (Å²) in [6.45, 7) is 1.65. The molecule has 23 heavy (non-hydrogen) atoms. The first kappa shape index (κ1) is 17.2. The van der Waals surface area contributed by atoms with Crippen molar-refractivity contribution in [2.75, 3.05) is 20.7 Å². The number of para-hydroxylation sites is 1. The average molecular weight is 337 g/mol. The summed E-state index contributed by atoms with van der Waals surface area (Å²) in [5.74, 6) is -1.00. The topological polar surface area (TPSA) is 81.5 Å². The van der Waals surface area contributed by atoms with Crippen LogP contribution in [0.2, 0.25) is 0 Å². The number of esters is 1. The lowest BCUT2D eigenvalue weighted by molar-refractivity contribution is -0.144. The molecule has 1 heterocycles. The molecule has 1 aromatic heterocycles. The SMILES string of the molecule is COC(=O)[C@H](C)CN(C)S(=O)(=O)c1cnn(-c2ccccc2)c1. The van der Waals surface area contributed by atoms with E-state index in [1.165, 1.54) is 31.2 Å². The molecular formula is C15H19N3O4S. The molecule has 8 heteroatoms. The predicted molar refractivity (Wildman–Crippen MR) is 84.6 cm³/mol. The molecule has 1 atom stereocenters. The van der Waals surface area contributed by atoms with Gasteiger partial charge in [-0.2, -0.15) is 9.40 Å². The van der Waals surface area contributed by atoms with Crippen molar-refractivity contribution in [1.29, 1.82) is 0 Å². The Hall–Kier alpha value is -2.19. The van der Waals surface area contributed by atoms with Gasteiger partial charge in [-0.05, 0) is 12.1 Å². The van der Waals surface area contributed by atoms with Gasteiger partial charge in [-0.1, -0.05) is 25.1 Å². The van der Waals surface area contributed by atoms with Crippen molar-refractivity contribution < 1.29 is 17.9 Å². The van der Waals surface area contributed by atoms with Gasteiger partial charge in [-0.15, -0.1) is 0 Å². The van der Waals surface area contributed by atoms with Crippen LogP contribution in [0, 0.1) is 5.92 Å². The Morgan fingerprint density at radius 3 is 2.61 bits per heavy atom. The molecule has 1 aromatic carbocycles. The summed E-state index contributed by atoms with van der Waals surface area (Å²) in [5.41, 5.74) is 0.763. The lowest BCUT2D eigenvalue weighted by Gasteiger charge is -2.19. The largest absolute Gasteiger partial charge is 0.469 e. The standard InChI is InChI=1S/C15H19N3O4S/c1-12(15(19)22-3)10-17(2)23(20,21)14-9-16-18(11-14)13-7-5-4-6-8-13/h4-9,11-12H,10H2,1-3H3/t12-/m1/s1. The number of rotatable bonds is 6. The maximum Gasteiger partial charge on any atom is 0.309 e. The van der Waals surface area contributed by atoms with Gasteiger partial charge in [-0.3, -0.25) is 4.79 Å². The molecule has 0 radical (unpaired) electrons. The number of ether oxygens (including phenoxy) is 1. The van der Waals surface area contributed by atoms with Crippen LogP contribution >= 0.6 is 0 Å². The molecule has 2 aromatic rings. The van der Waals surface area contributed by atoms with E-state index in [1.54, 1.807) is 6.92 Å². The number of benzene rings is 1. The fourth-order valence-corrected chi connectivity index (χ4v) is 3.29. The number of aromatic nitrogens is 2. The second-order valence-corrected chi connectivity index (χ2v) is 7.21. The average Bonchev–Trinajstić information content (AvgIpc) is 3.05. The lowest BCUT2D eigenvalue weighted by Crippen LogP contribution is -2.34. The number of carbonyl (C=O) groups excluding carboxylic acids is 1. The highest BCUT2D eigenvalue weighted by molar-refractivity contribution is 7.89. The van der Waals surface area contributed by atoms with Gasteiger partial charge in [0.1, 0.15) is 4.90 Å². The number of sulfonamides is 1. The molecule has 124 valence electrons. The molecule has 0 aliphatic carbocycles. The van der Waals surface area contributed by atoms with Gasteiger partial charge in [-0.25, -0.2) is 13.1 Å². The van der Waals surface area contributed by atoms with Crippen LogP contribution in [0.3, 0.4) is 0 Å². The lowest BCUT2D eigenvalue weighted by atomic mass is 10.2. The summed E-state index contributed by atoms with van der Waals surface area (Å²) in [6, 6.07) is 9.20. The van der Waals surface area contributed by atoms with Crippen LogP contribution in [0.1, 0.15) is 6.92 Å². The van der Waals surface area contributed by atoms with E-state index < -0.39 is 21.9 Å². The van der Waals surface area contributed by atoms with Gasteiger partial charge in [0.2, 0.25) is 10.0 Å². The third-order valence-electron chi connectivity index (χ3n) is 3.42. The van der Waals surface area contributed by atoms with Crippen molar-refractivity contribution in [2.45, 2.75) is 11.8 Å². The molecule has 0 spiro atoms. The minimum absolute atomic E-state index is 0.0333. The summed E-state index contributed by atoms with van der Waals surface area (Å²) in [5, 5.41) is 4.08. The van der Waals surface area contributed by atoms with E-state index in [9.17, 15) is 13.2 Å². The van der Waals surface area contributed by atoms with Gasteiger partial charge in [0.05, 0.1) is 31.1 Å². The zero-order chi connectivity index (χ0) is 17.0. The minimum atomic E-state index is -3.72. The molecule has 0 amide bonds. The molecule has 0 saturated heterocycles. The molecule has 0 fully saturated rings. The first-order valence-corrected chi connectivity index (χ1v) is 8.44. The fraction of sp³-hybridized carbons (Fsp3) is 0.333. The minimum Gasteiger partial charge on any atom is -0.469 e. The van der Waals surface area contributed by atoms with Crippen molar-refractivity contribution in [2.24, 2.45) is 5.92 Å². The molecule has 0 aliphatic heterocycles. The van der Waals surface area contributed by atoms with Gasteiger partial charge in [0, 0.05) is 13.6 Å². The van der Waals surface area contributed by atoms with Crippen LogP contribution in [0.5, 0.6) is 0 Å². The summed E-state index contributed by atoms with van der Waals surface area (Å²) in [6.07, 6.45) is 2.74. The van der Waals surface area contributed by atoms with E-state index in [0.29, 0.717) is 0 Å². The fourth-order valence-electron chi connectivity index (χ4n) is 2.10. The third-order valence-corrected chi connectivity index (χ3v) is 5.20. The highest BCUT2D eigenvalue weighted by Crippen LogP contribution is 2.17. The van der Waals surface area contributed by atoms with Gasteiger partial charge in [0.25, 0.3) is 0 Å². The van der Waals surface area contributed by atoms with Crippen molar-refractivity contribution >= 4 is 16.0 Å². The van der Waals surface area contributed by atoms with Crippen molar-refractivity contribution in [3.05, 3.63) is 42.7 Å². The van der Waals surface area contributed by atoms with E-state index in [2.05, 4.69) is 9.84 Å². The van der Waals surface area contributed by atoms with E-state index >= 15 is 0 Å². The van der Waals surface area contributed by atoms with E-state index in [4.69, 9.17) is 0 Å². The highest BCUT2D eigenvalue weighted by Gasteiger charge is 2.26. The summed E-state index contributed by atoms with van der Waals surface area (Å²) >= 11 is 0. The summed E-state index contributed by atoms with van der Waals surface area (Å²) < 4.78 is 32.3. The van der Waals surface area contributed by atoms with Crippen LogP contribution in [0.4, 0.5) is 0 Å². The molecule has 0 unspecified atom stereocenters. The highest BCUT2D eigenvalue weighted by atomic mass is 32.2. The Morgan fingerprint density at radius 1 is 1.35 bits per heavy atom. The van der Waals surface area contributed by atoms with Crippen LogP contribution in [0.25, 0.3) is 5.69 Å². The molecule has 2 rings (SSSR count). The van der Waals surface area contributed by atoms with Gasteiger partial charge in [0.15, 0.2) is 0 Å². The number of hydrogen-bond donors (Lipinski definition) is 0. The second-order valence-electron chi connectivity index (χ2n) is 5.17. The molecular weight excluding hydrogens is 318 g/mol. The van der Waals surface area contributed by atoms with Crippen LogP contribution < -0.4 is 0 Å². The van der Waals surface area contributed by atoms with Gasteiger partial charge < -0.3 is 4.74 Å². The first-order chi connectivity index (χ1) is 10.9. The number of carbonyl (C=O) groups is 1. The maximum absolute atomic E-state index is 12.5. The number of nitrogens with zero attached hydrogens (tertiary/aromatic N) is 3. The Balaban J connectivity index is 2.20. The Labute approximate surface area is 135 Å². The smallest absolute Gasteiger partial charge is 0.309 e. The third kappa shape index (κ3) is 3.77. The molecule has 0 saturated carbocycles. The monoisotopic (exact) mass is 337 g/mol. The van der Waals surface area contributed by atoms with Crippen molar-refractivity contribution in [3.8, 4) is 5.69 Å². The quantitative estimate of drug-likeness (QED) is 0.742. The first-order valence-electron chi connectivity index (χ1n) is 7.00. The molecule has 7 nitrogen and oxygen atoms in total. The van der Waals surface area contributed by atoms with Crippen LogP contribution in [0.15, 0.2) is 47.6 Å². The number of hydrogen-bond acceptors (Lipinski definition) is 5. The molecule has 0 bridgehead atoms. The Bertz CT molecular complexity index is 771. The molecule has 0 aliphatic rings. The van der Waals surface area contributed by atoms with Gasteiger partial charge >= 0.3 is 5.97 Å². The second kappa shape index (κ2) is 6.93. The van der Waals surface area contributed by atoms with E-state index in [0.717, 1.165) is 9.99 Å².